The molecule has 0 aromatic heterocycles. The molecule has 0 fully saturated rings. The highest BCUT2D eigenvalue weighted by atomic mass is 16.5. The highest BCUT2D eigenvalue weighted by molar-refractivity contribution is 6.00. The van der Waals surface area contributed by atoms with Gasteiger partial charge in [0.05, 0.1) is 12.8 Å². The zero-order chi connectivity index (χ0) is 14.4. The first-order valence-electron chi connectivity index (χ1n) is 6.29. The van der Waals surface area contributed by atoms with Crippen LogP contribution >= 0.6 is 0 Å². The van der Waals surface area contributed by atoms with E-state index in [1.165, 1.54) is 0 Å². The van der Waals surface area contributed by atoms with Crippen molar-refractivity contribution in [2.24, 2.45) is 5.16 Å². The number of benzene rings is 2. The topological polar surface area (TPSA) is 51.0 Å². The fourth-order valence-corrected chi connectivity index (χ4v) is 1.92. The first-order chi connectivity index (χ1) is 9.76. The maximum Gasteiger partial charge on any atom is 0.128 e. The van der Waals surface area contributed by atoms with Gasteiger partial charge in [-0.3, -0.25) is 0 Å². The van der Waals surface area contributed by atoms with Crippen molar-refractivity contribution in [3.05, 3.63) is 59.7 Å². The van der Waals surface area contributed by atoms with Gasteiger partial charge >= 0.3 is 0 Å². The van der Waals surface area contributed by atoms with Crippen LogP contribution < -0.4 is 9.47 Å². The molecule has 0 bridgehead atoms. The zero-order valence-corrected chi connectivity index (χ0v) is 11.5. The summed E-state index contributed by atoms with van der Waals surface area (Å²) in [5, 5.41) is 12.1. The van der Waals surface area contributed by atoms with Crippen LogP contribution in [0.25, 0.3) is 0 Å². The second-order valence-corrected chi connectivity index (χ2v) is 4.28. The normalized spacial score (nSPS) is 11.2. The molecular weight excluding hydrogens is 254 g/mol. The average molecular weight is 271 g/mol. The lowest BCUT2D eigenvalue weighted by Gasteiger charge is -2.12. The minimum atomic E-state index is 0.389. The van der Waals surface area contributed by atoms with E-state index in [4.69, 9.17) is 14.7 Å². The van der Waals surface area contributed by atoms with Crippen LogP contribution in [-0.4, -0.2) is 18.0 Å². The number of nitrogens with zero attached hydrogens (tertiary/aromatic N) is 1. The minimum Gasteiger partial charge on any atom is -0.496 e. The molecule has 0 radical (unpaired) electrons. The molecule has 0 atom stereocenters. The van der Waals surface area contributed by atoms with E-state index in [1.54, 1.807) is 14.0 Å². The van der Waals surface area contributed by atoms with Crippen molar-refractivity contribution in [2.45, 2.75) is 13.5 Å². The molecule has 0 amide bonds. The Morgan fingerprint density at radius 2 is 1.70 bits per heavy atom. The lowest BCUT2D eigenvalue weighted by atomic mass is 10.1. The van der Waals surface area contributed by atoms with Crippen LogP contribution in [0.5, 0.6) is 11.5 Å². The number of hydrogen-bond acceptors (Lipinski definition) is 4. The van der Waals surface area contributed by atoms with E-state index in [0.29, 0.717) is 18.1 Å². The predicted molar refractivity (Wildman–Crippen MR) is 77.8 cm³/mol. The van der Waals surface area contributed by atoms with Crippen LogP contribution in [0.15, 0.2) is 53.7 Å². The summed E-state index contributed by atoms with van der Waals surface area (Å²) in [5.74, 6) is 1.46. The van der Waals surface area contributed by atoms with Crippen LogP contribution in [0.4, 0.5) is 0 Å². The van der Waals surface area contributed by atoms with Crippen LogP contribution in [0.2, 0.25) is 0 Å². The molecule has 2 rings (SSSR count). The smallest absolute Gasteiger partial charge is 0.128 e. The van der Waals surface area contributed by atoms with Gasteiger partial charge in [-0.05, 0) is 25.1 Å². The van der Waals surface area contributed by atoms with Crippen LogP contribution in [0.3, 0.4) is 0 Å². The summed E-state index contributed by atoms with van der Waals surface area (Å²) < 4.78 is 11.1. The number of hydrogen-bond donors (Lipinski definition) is 1. The molecule has 0 aliphatic rings. The lowest BCUT2D eigenvalue weighted by molar-refractivity contribution is 0.295. The summed E-state index contributed by atoms with van der Waals surface area (Å²) >= 11 is 0. The average Bonchev–Trinajstić information content (AvgIpc) is 2.52. The van der Waals surface area contributed by atoms with E-state index in [1.807, 2.05) is 48.5 Å². The molecule has 0 aliphatic heterocycles. The van der Waals surface area contributed by atoms with E-state index < -0.39 is 0 Å². The van der Waals surface area contributed by atoms with Crippen molar-refractivity contribution in [3.8, 4) is 11.5 Å². The summed E-state index contributed by atoms with van der Waals surface area (Å²) in [4.78, 5) is 0. The molecule has 104 valence electrons. The quantitative estimate of drug-likeness (QED) is 0.514. The van der Waals surface area contributed by atoms with Gasteiger partial charge in [-0.1, -0.05) is 35.5 Å². The van der Waals surface area contributed by atoms with Crippen molar-refractivity contribution in [1.29, 1.82) is 0 Å². The van der Waals surface area contributed by atoms with Gasteiger partial charge in [-0.15, -0.1) is 0 Å². The minimum absolute atomic E-state index is 0.389. The Kier molecular flexibility index (Phi) is 4.60. The molecule has 1 N–H and O–H groups in total. The Morgan fingerprint density at radius 1 is 1.05 bits per heavy atom. The number of rotatable bonds is 5. The summed E-state index contributed by atoms with van der Waals surface area (Å²) in [6, 6.07) is 15.2. The van der Waals surface area contributed by atoms with Crippen molar-refractivity contribution in [2.75, 3.05) is 7.11 Å². The van der Waals surface area contributed by atoms with Gasteiger partial charge in [0, 0.05) is 11.1 Å². The first-order valence-corrected chi connectivity index (χ1v) is 6.29. The Labute approximate surface area is 118 Å². The Hall–Kier alpha value is -2.49. The zero-order valence-electron chi connectivity index (χ0n) is 11.5. The van der Waals surface area contributed by atoms with Gasteiger partial charge in [0.15, 0.2) is 0 Å². The van der Waals surface area contributed by atoms with Gasteiger partial charge in [0.25, 0.3) is 0 Å². The number of para-hydroxylation sites is 2. The van der Waals surface area contributed by atoms with E-state index in [0.717, 1.165) is 16.9 Å². The molecule has 0 unspecified atom stereocenters. The monoisotopic (exact) mass is 271 g/mol. The Balaban J connectivity index is 2.19. The van der Waals surface area contributed by atoms with Gasteiger partial charge < -0.3 is 14.7 Å². The van der Waals surface area contributed by atoms with E-state index in [9.17, 15) is 0 Å². The number of oxime groups is 1. The molecule has 4 nitrogen and oxygen atoms in total. The molecule has 0 heterocycles. The first kappa shape index (κ1) is 13.9. The molecule has 20 heavy (non-hydrogen) atoms. The summed E-state index contributed by atoms with van der Waals surface area (Å²) in [7, 11) is 1.63. The molecule has 2 aromatic rings. The SMILES string of the molecule is COc1ccccc1COc1ccccc1C(C)=NO. The van der Waals surface area contributed by atoms with Crippen molar-refractivity contribution in [3.63, 3.8) is 0 Å². The van der Waals surface area contributed by atoms with Crippen LogP contribution in [0.1, 0.15) is 18.1 Å². The standard InChI is InChI=1S/C16H17NO3/c1-12(17-18)14-8-4-6-10-16(14)20-11-13-7-3-5-9-15(13)19-2/h3-10,18H,11H2,1-2H3. The fraction of sp³-hybridized carbons (Fsp3) is 0.188. The van der Waals surface area contributed by atoms with E-state index in [-0.39, 0.29) is 0 Å². The maximum atomic E-state index is 8.89. The fourth-order valence-electron chi connectivity index (χ4n) is 1.92. The summed E-state index contributed by atoms with van der Waals surface area (Å²) in [6.45, 7) is 2.12. The lowest BCUT2D eigenvalue weighted by Crippen LogP contribution is -2.03. The van der Waals surface area contributed by atoms with Crippen molar-refractivity contribution < 1.29 is 14.7 Å². The van der Waals surface area contributed by atoms with Crippen molar-refractivity contribution >= 4 is 5.71 Å². The molecule has 0 saturated heterocycles. The third-order valence-electron chi connectivity index (χ3n) is 3.00. The summed E-state index contributed by atoms with van der Waals surface area (Å²) in [6.07, 6.45) is 0. The molecule has 4 heteroatoms. The van der Waals surface area contributed by atoms with Gasteiger partial charge in [-0.2, -0.15) is 0 Å². The van der Waals surface area contributed by atoms with E-state index in [2.05, 4.69) is 5.16 Å². The second kappa shape index (κ2) is 6.61. The maximum absolute atomic E-state index is 8.89. The third-order valence-corrected chi connectivity index (χ3v) is 3.00. The van der Waals surface area contributed by atoms with E-state index >= 15 is 0 Å². The van der Waals surface area contributed by atoms with Crippen molar-refractivity contribution in [1.82, 2.24) is 0 Å². The van der Waals surface area contributed by atoms with Crippen LogP contribution in [0, 0.1) is 0 Å². The molecular formula is C16H17NO3. The number of methoxy groups -OCH3 is 1. The second-order valence-electron chi connectivity index (χ2n) is 4.28. The molecule has 0 aliphatic carbocycles. The largest absolute Gasteiger partial charge is 0.496 e. The summed E-state index contributed by atoms with van der Waals surface area (Å²) in [5.41, 5.74) is 2.24. The molecule has 0 spiro atoms. The van der Waals surface area contributed by atoms with Gasteiger partial charge in [0.2, 0.25) is 0 Å². The van der Waals surface area contributed by atoms with Gasteiger partial charge in [-0.25, -0.2) is 0 Å². The molecule has 2 aromatic carbocycles. The predicted octanol–water partition coefficient (Wildman–Crippen LogP) is 3.47. The Morgan fingerprint density at radius 3 is 2.40 bits per heavy atom. The van der Waals surface area contributed by atoms with Crippen LogP contribution in [-0.2, 0) is 6.61 Å². The van der Waals surface area contributed by atoms with Gasteiger partial charge in [0.1, 0.15) is 18.1 Å². The highest BCUT2D eigenvalue weighted by Gasteiger charge is 2.08. The third kappa shape index (κ3) is 3.09. The number of ether oxygens (including phenoxy) is 2. The molecule has 0 saturated carbocycles. The Bertz CT molecular complexity index is 608. The highest BCUT2D eigenvalue weighted by Crippen LogP contribution is 2.23.